The van der Waals surface area contributed by atoms with Crippen LogP contribution in [0.2, 0.25) is 0 Å². The zero-order valence-corrected chi connectivity index (χ0v) is 18.9. The quantitative estimate of drug-likeness (QED) is 0.480. The Kier molecular flexibility index (Phi) is 5.88. The summed E-state index contributed by atoms with van der Waals surface area (Å²) in [6.45, 7) is 4.07. The third-order valence-electron chi connectivity index (χ3n) is 5.47. The molecule has 2 atom stereocenters. The first-order valence-corrected chi connectivity index (χ1v) is 11.5. The largest absolute Gasteiger partial charge is 0.461 e. The molecule has 0 aliphatic heterocycles. The van der Waals surface area contributed by atoms with Gasteiger partial charge in [0.15, 0.2) is 0 Å². The number of fused-ring (bicyclic) bond motifs is 1. The van der Waals surface area contributed by atoms with Crippen LogP contribution in [0.15, 0.2) is 39.9 Å². The molecule has 1 aromatic carbocycles. The van der Waals surface area contributed by atoms with Gasteiger partial charge in [0.05, 0.1) is 11.7 Å². The van der Waals surface area contributed by atoms with Crippen molar-refractivity contribution in [1.82, 2.24) is 9.55 Å². The number of hydrogen-bond donors (Lipinski definition) is 0. The van der Waals surface area contributed by atoms with E-state index in [4.69, 9.17) is 4.74 Å². The van der Waals surface area contributed by atoms with Crippen molar-refractivity contribution in [1.29, 1.82) is 0 Å². The summed E-state index contributed by atoms with van der Waals surface area (Å²) in [7, 11) is 0. The molecule has 0 N–H and O–H groups in total. The number of nitrogens with zero attached hydrogens (tertiary/aromatic N) is 2. The topological polar surface area (TPSA) is 61.2 Å². The standard InChI is InChI=1S/C22H23BrN2O3S/c1-13-4-3-5-17(10-13)28-18(26)11-25-12-24-21-20(22(25)27)19(14(2)29-21)15-6-8-16(23)9-7-15/h6-9,12-13,17H,3-5,10-11H2,1-2H3. The summed E-state index contributed by atoms with van der Waals surface area (Å²) >= 11 is 4.94. The summed E-state index contributed by atoms with van der Waals surface area (Å²) in [5.41, 5.74) is 1.65. The number of carbonyl (C=O) groups excluding carboxylic acids is 1. The van der Waals surface area contributed by atoms with Gasteiger partial charge in [0.25, 0.3) is 5.56 Å². The van der Waals surface area contributed by atoms with Crippen molar-refractivity contribution < 1.29 is 9.53 Å². The van der Waals surface area contributed by atoms with E-state index in [1.807, 2.05) is 31.2 Å². The first-order chi connectivity index (χ1) is 13.9. The number of esters is 1. The van der Waals surface area contributed by atoms with Gasteiger partial charge in [0.2, 0.25) is 0 Å². The fourth-order valence-electron chi connectivity index (χ4n) is 4.06. The molecule has 1 fully saturated rings. The van der Waals surface area contributed by atoms with Crippen LogP contribution >= 0.6 is 27.3 Å². The lowest BCUT2D eigenvalue weighted by molar-refractivity contribution is -0.152. The molecular weight excluding hydrogens is 452 g/mol. The maximum Gasteiger partial charge on any atom is 0.326 e. The molecule has 4 rings (SSSR count). The summed E-state index contributed by atoms with van der Waals surface area (Å²) in [6.07, 6.45) is 5.48. The van der Waals surface area contributed by atoms with Crippen LogP contribution in [0.3, 0.4) is 0 Å². The summed E-state index contributed by atoms with van der Waals surface area (Å²) in [5, 5.41) is 0.566. The summed E-state index contributed by atoms with van der Waals surface area (Å²) in [6, 6.07) is 7.87. The van der Waals surface area contributed by atoms with Gasteiger partial charge in [-0.1, -0.05) is 41.4 Å². The van der Waals surface area contributed by atoms with Crippen molar-refractivity contribution in [3.05, 3.63) is 50.3 Å². The highest BCUT2D eigenvalue weighted by Gasteiger charge is 2.23. The fraction of sp³-hybridized carbons (Fsp3) is 0.409. The van der Waals surface area contributed by atoms with E-state index in [0.717, 1.165) is 39.7 Å². The minimum atomic E-state index is -0.371. The van der Waals surface area contributed by atoms with Gasteiger partial charge in [-0.25, -0.2) is 4.98 Å². The van der Waals surface area contributed by atoms with E-state index in [9.17, 15) is 9.59 Å². The Morgan fingerprint density at radius 3 is 2.79 bits per heavy atom. The molecule has 7 heteroatoms. The van der Waals surface area contributed by atoms with Crippen LogP contribution in [0.5, 0.6) is 0 Å². The molecule has 3 aromatic rings. The molecule has 2 unspecified atom stereocenters. The molecule has 5 nitrogen and oxygen atoms in total. The number of ether oxygens (including phenoxy) is 1. The molecule has 1 saturated carbocycles. The van der Waals surface area contributed by atoms with E-state index in [2.05, 4.69) is 27.8 Å². The Morgan fingerprint density at radius 2 is 2.07 bits per heavy atom. The predicted molar refractivity (Wildman–Crippen MR) is 119 cm³/mol. The van der Waals surface area contributed by atoms with Gasteiger partial charge < -0.3 is 4.74 Å². The number of aryl methyl sites for hydroxylation is 1. The lowest BCUT2D eigenvalue weighted by Gasteiger charge is -2.26. The summed E-state index contributed by atoms with van der Waals surface area (Å²) in [4.78, 5) is 31.8. The Labute approximate surface area is 181 Å². The van der Waals surface area contributed by atoms with Crippen LogP contribution in [-0.2, 0) is 16.1 Å². The number of rotatable bonds is 4. The minimum absolute atomic E-state index is 0.0413. The molecule has 0 amide bonds. The number of thiophene rings is 1. The minimum Gasteiger partial charge on any atom is -0.461 e. The highest BCUT2D eigenvalue weighted by atomic mass is 79.9. The molecule has 152 valence electrons. The number of halogens is 1. The van der Waals surface area contributed by atoms with Crippen LogP contribution in [0.25, 0.3) is 21.3 Å². The first kappa shape index (κ1) is 20.3. The highest BCUT2D eigenvalue weighted by molar-refractivity contribution is 9.10. The monoisotopic (exact) mass is 474 g/mol. The molecule has 0 radical (unpaired) electrons. The Hall–Kier alpha value is -1.99. The second kappa shape index (κ2) is 8.40. The molecule has 2 heterocycles. The third kappa shape index (κ3) is 4.31. The van der Waals surface area contributed by atoms with Gasteiger partial charge in [-0.05, 0) is 49.8 Å². The fourth-order valence-corrected chi connectivity index (χ4v) is 5.33. The van der Waals surface area contributed by atoms with Crippen LogP contribution in [0.1, 0.15) is 37.5 Å². The molecule has 0 saturated heterocycles. The van der Waals surface area contributed by atoms with E-state index in [-0.39, 0.29) is 24.2 Å². The van der Waals surface area contributed by atoms with E-state index >= 15 is 0 Å². The predicted octanol–water partition coefficient (Wildman–Crippen LogP) is 5.32. The van der Waals surface area contributed by atoms with Crippen molar-refractivity contribution in [3.63, 3.8) is 0 Å². The van der Waals surface area contributed by atoms with E-state index < -0.39 is 0 Å². The SMILES string of the molecule is Cc1sc2ncn(CC(=O)OC3CCCC(C)C3)c(=O)c2c1-c1ccc(Br)cc1. The van der Waals surface area contributed by atoms with Crippen molar-refractivity contribution in [3.8, 4) is 11.1 Å². The maximum absolute atomic E-state index is 13.2. The summed E-state index contributed by atoms with van der Waals surface area (Å²) < 4.78 is 7.98. The average molecular weight is 475 g/mol. The van der Waals surface area contributed by atoms with Crippen molar-refractivity contribution >= 4 is 43.5 Å². The van der Waals surface area contributed by atoms with Crippen LogP contribution < -0.4 is 5.56 Å². The average Bonchev–Trinajstić information content (AvgIpc) is 3.01. The molecule has 29 heavy (non-hydrogen) atoms. The second-order valence-electron chi connectivity index (χ2n) is 7.78. The molecule has 2 aromatic heterocycles. The van der Waals surface area contributed by atoms with Crippen molar-refractivity contribution in [2.45, 2.75) is 52.2 Å². The Morgan fingerprint density at radius 1 is 1.31 bits per heavy atom. The zero-order chi connectivity index (χ0) is 20.5. The normalized spacial score (nSPS) is 19.4. The molecule has 0 spiro atoms. The van der Waals surface area contributed by atoms with Gasteiger partial charge >= 0.3 is 5.97 Å². The zero-order valence-electron chi connectivity index (χ0n) is 16.5. The smallest absolute Gasteiger partial charge is 0.326 e. The molecule has 1 aliphatic carbocycles. The highest BCUT2D eigenvalue weighted by Crippen LogP contribution is 2.35. The summed E-state index contributed by atoms with van der Waals surface area (Å²) in [5.74, 6) is 0.203. The Balaban J connectivity index is 1.63. The molecule has 1 aliphatic rings. The van der Waals surface area contributed by atoms with Crippen LogP contribution in [-0.4, -0.2) is 21.6 Å². The second-order valence-corrected chi connectivity index (χ2v) is 9.90. The number of carbonyl (C=O) groups is 1. The lowest BCUT2D eigenvalue weighted by Crippen LogP contribution is -2.30. The van der Waals surface area contributed by atoms with Gasteiger partial charge in [-0.3, -0.25) is 14.2 Å². The lowest BCUT2D eigenvalue weighted by atomic mass is 9.89. The van der Waals surface area contributed by atoms with E-state index in [0.29, 0.717) is 16.1 Å². The third-order valence-corrected chi connectivity index (χ3v) is 7.02. The number of aromatic nitrogens is 2. The van der Waals surface area contributed by atoms with Gasteiger partial charge in [-0.15, -0.1) is 11.3 Å². The van der Waals surface area contributed by atoms with Crippen LogP contribution in [0, 0.1) is 12.8 Å². The van der Waals surface area contributed by atoms with Gasteiger partial charge in [0, 0.05) is 14.9 Å². The van der Waals surface area contributed by atoms with E-state index in [1.54, 1.807) is 0 Å². The van der Waals surface area contributed by atoms with E-state index in [1.165, 1.54) is 28.7 Å². The first-order valence-electron chi connectivity index (χ1n) is 9.86. The van der Waals surface area contributed by atoms with Crippen LogP contribution in [0.4, 0.5) is 0 Å². The van der Waals surface area contributed by atoms with Gasteiger partial charge in [-0.2, -0.15) is 0 Å². The number of hydrogen-bond acceptors (Lipinski definition) is 5. The molecular formula is C22H23BrN2O3S. The maximum atomic E-state index is 13.2. The molecule has 0 bridgehead atoms. The van der Waals surface area contributed by atoms with Crippen molar-refractivity contribution in [2.24, 2.45) is 5.92 Å². The number of benzene rings is 1. The van der Waals surface area contributed by atoms with Crippen molar-refractivity contribution in [2.75, 3.05) is 0 Å². The van der Waals surface area contributed by atoms with Gasteiger partial charge in [0.1, 0.15) is 17.5 Å². The Bertz CT molecular complexity index is 1100.